The van der Waals surface area contributed by atoms with Crippen LogP contribution in [0.4, 0.5) is 0 Å². The molecule has 0 amide bonds. The number of hydrogen-bond acceptors (Lipinski definition) is 3. The van der Waals surface area contributed by atoms with Gasteiger partial charge in [-0.05, 0) is 12.6 Å². The van der Waals surface area contributed by atoms with Crippen molar-refractivity contribution in [3.8, 4) is 0 Å². The predicted octanol–water partition coefficient (Wildman–Crippen LogP) is 1.90. The van der Waals surface area contributed by atoms with E-state index in [1.807, 2.05) is 17.8 Å². The summed E-state index contributed by atoms with van der Waals surface area (Å²) in [5.41, 5.74) is 2.01. The van der Waals surface area contributed by atoms with Crippen molar-refractivity contribution in [1.82, 2.24) is 4.90 Å². The molecule has 0 unspecified atom stereocenters. The third kappa shape index (κ3) is 4.49. The van der Waals surface area contributed by atoms with Crippen molar-refractivity contribution < 1.29 is 4.79 Å². The highest BCUT2D eigenvalue weighted by atomic mass is 32.2. The summed E-state index contributed by atoms with van der Waals surface area (Å²) in [6.07, 6.45) is 6.25. The Hall–Kier alpha value is -0.800. The highest BCUT2D eigenvalue weighted by Crippen LogP contribution is 2.15. The minimum absolute atomic E-state index is 0.705. The molecular formula is C12H17NOS. The first-order chi connectivity index (χ1) is 7.26. The van der Waals surface area contributed by atoms with Crippen LogP contribution < -0.4 is 0 Å². The molecule has 1 rings (SSSR count). The molecule has 1 heterocycles. The first-order valence-electron chi connectivity index (χ1n) is 5.00. The van der Waals surface area contributed by atoms with Crippen molar-refractivity contribution >= 4 is 18.0 Å². The highest BCUT2D eigenvalue weighted by Gasteiger charge is 2.08. The molecule has 0 bridgehead atoms. The molecule has 15 heavy (non-hydrogen) atoms. The van der Waals surface area contributed by atoms with Crippen LogP contribution in [0.15, 0.2) is 36.0 Å². The van der Waals surface area contributed by atoms with Crippen LogP contribution in [0.2, 0.25) is 0 Å². The number of hydrogen-bond donors (Lipinski definition) is 0. The van der Waals surface area contributed by atoms with Crippen molar-refractivity contribution in [2.45, 2.75) is 0 Å². The van der Waals surface area contributed by atoms with Gasteiger partial charge in [0.1, 0.15) is 6.29 Å². The molecule has 82 valence electrons. The van der Waals surface area contributed by atoms with Crippen molar-refractivity contribution in [1.29, 1.82) is 0 Å². The van der Waals surface area contributed by atoms with Gasteiger partial charge >= 0.3 is 0 Å². The zero-order valence-electron chi connectivity index (χ0n) is 9.11. The first kappa shape index (κ1) is 12.3. The van der Waals surface area contributed by atoms with E-state index < -0.39 is 0 Å². The third-order valence-electron chi connectivity index (χ3n) is 2.19. The number of nitrogens with zero attached hydrogens (tertiary/aromatic N) is 1. The van der Waals surface area contributed by atoms with Gasteiger partial charge in [-0.3, -0.25) is 4.79 Å². The standard InChI is InChI=1S/C12H17NOS/c1-3-4-11(9-14)7-12-8-13(2)5-6-15-10-12/h3-4,7,9H,1,5-6,8,10H2,2H3/b11-4+,12-7-. The van der Waals surface area contributed by atoms with Crippen LogP contribution in [-0.4, -0.2) is 42.8 Å². The number of carbonyl (C=O) groups excluding carboxylic acids is 1. The second-order valence-corrected chi connectivity index (χ2v) is 4.72. The van der Waals surface area contributed by atoms with Crippen LogP contribution in [0.3, 0.4) is 0 Å². The summed E-state index contributed by atoms with van der Waals surface area (Å²) in [6, 6.07) is 0. The van der Waals surface area contributed by atoms with E-state index in [1.54, 1.807) is 12.2 Å². The van der Waals surface area contributed by atoms with Crippen molar-refractivity contribution in [2.75, 3.05) is 31.6 Å². The van der Waals surface area contributed by atoms with E-state index in [0.29, 0.717) is 5.57 Å². The highest BCUT2D eigenvalue weighted by molar-refractivity contribution is 7.99. The molecule has 1 saturated heterocycles. The third-order valence-corrected chi connectivity index (χ3v) is 3.24. The Morgan fingerprint density at radius 1 is 1.60 bits per heavy atom. The van der Waals surface area contributed by atoms with E-state index in [2.05, 4.69) is 18.5 Å². The van der Waals surface area contributed by atoms with Crippen LogP contribution >= 0.6 is 11.8 Å². The minimum Gasteiger partial charge on any atom is -0.302 e. The molecule has 0 aliphatic carbocycles. The van der Waals surface area contributed by atoms with E-state index in [1.165, 1.54) is 5.57 Å². The summed E-state index contributed by atoms with van der Waals surface area (Å²) in [7, 11) is 2.11. The molecule has 0 aromatic carbocycles. The molecule has 3 heteroatoms. The first-order valence-corrected chi connectivity index (χ1v) is 6.15. The Balaban J connectivity index is 2.74. The monoisotopic (exact) mass is 223 g/mol. The molecule has 0 aromatic rings. The van der Waals surface area contributed by atoms with Crippen LogP contribution in [0, 0.1) is 0 Å². The van der Waals surface area contributed by atoms with E-state index in [9.17, 15) is 4.79 Å². The van der Waals surface area contributed by atoms with Gasteiger partial charge in [0.15, 0.2) is 0 Å². The molecule has 0 saturated carbocycles. The SMILES string of the molecule is C=C/C=C(C=O)\C=C1/CSCCN(C)C1. The van der Waals surface area contributed by atoms with Gasteiger partial charge in [-0.1, -0.05) is 24.8 Å². The van der Waals surface area contributed by atoms with Crippen molar-refractivity contribution in [3.05, 3.63) is 36.0 Å². The number of rotatable bonds is 3. The normalized spacial score (nSPS) is 22.5. The lowest BCUT2D eigenvalue weighted by molar-refractivity contribution is -0.104. The summed E-state index contributed by atoms with van der Waals surface area (Å²) >= 11 is 1.92. The second-order valence-electron chi connectivity index (χ2n) is 3.61. The molecule has 0 spiro atoms. The maximum atomic E-state index is 10.8. The van der Waals surface area contributed by atoms with Crippen molar-refractivity contribution in [3.63, 3.8) is 0 Å². The Labute approximate surface area is 95.7 Å². The quantitative estimate of drug-likeness (QED) is 0.414. The van der Waals surface area contributed by atoms with Gasteiger partial charge in [0.25, 0.3) is 0 Å². The smallest absolute Gasteiger partial charge is 0.150 e. The van der Waals surface area contributed by atoms with Crippen LogP contribution in [0.1, 0.15) is 0 Å². The van der Waals surface area contributed by atoms with Crippen molar-refractivity contribution in [2.24, 2.45) is 0 Å². The fraction of sp³-hybridized carbons (Fsp3) is 0.417. The summed E-state index contributed by atoms with van der Waals surface area (Å²) < 4.78 is 0. The topological polar surface area (TPSA) is 20.3 Å². The largest absolute Gasteiger partial charge is 0.302 e. The Morgan fingerprint density at radius 3 is 3.07 bits per heavy atom. The maximum Gasteiger partial charge on any atom is 0.150 e. The van der Waals surface area contributed by atoms with Crippen LogP contribution in [0.25, 0.3) is 0 Å². The van der Waals surface area contributed by atoms with E-state index in [-0.39, 0.29) is 0 Å². The molecule has 1 aliphatic heterocycles. The van der Waals surface area contributed by atoms with Gasteiger partial charge in [0.2, 0.25) is 0 Å². The molecule has 1 aliphatic rings. The molecule has 0 aromatic heterocycles. The lowest BCUT2D eigenvalue weighted by Gasteiger charge is -2.12. The summed E-state index contributed by atoms with van der Waals surface area (Å²) in [6.45, 7) is 5.66. The molecule has 1 fully saturated rings. The lowest BCUT2D eigenvalue weighted by Crippen LogP contribution is -2.21. The fourth-order valence-corrected chi connectivity index (χ4v) is 2.50. The second kappa shape index (κ2) is 6.64. The molecule has 0 N–H and O–H groups in total. The maximum absolute atomic E-state index is 10.8. The zero-order chi connectivity index (χ0) is 11.1. The Bertz CT molecular complexity index is 294. The molecular weight excluding hydrogens is 206 g/mol. The minimum atomic E-state index is 0.705. The molecule has 0 atom stereocenters. The summed E-state index contributed by atoms with van der Waals surface area (Å²) in [4.78, 5) is 13.0. The number of aldehydes is 1. The summed E-state index contributed by atoms with van der Waals surface area (Å²) in [5, 5.41) is 0. The lowest BCUT2D eigenvalue weighted by atomic mass is 10.1. The van der Waals surface area contributed by atoms with E-state index in [4.69, 9.17) is 0 Å². The van der Waals surface area contributed by atoms with Gasteiger partial charge in [0, 0.05) is 30.2 Å². The average molecular weight is 223 g/mol. The predicted molar refractivity (Wildman–Crippen MR) is 67.2 cm³/mol. The molecule has 2 nitrogen and oxygen atoms in total. The number of carbonyl (C=O) groups is 1. The zero-order valence-corrected chi connectivity index (χ0v) is 9.93. The van der Waals surface area contributed by atoms with Crippen LogP contribution in [0.5, 0.6) is 0 Å². The van der Waals surface area contributed by atoms with E-state index in [0.717, 1.165) is 30.9 Å². The number of thioether (sulfide) groups is 1. The van der Waals surface area contributed by atoms with Gasteiger partial charge < -0.3 is 4.90 Å². The van der Waals surface area contributed by atoms with E-state index >= 15 is 0 Å². The summed E-state index contributed by atoms with van der Waals surface area (Å²) in [5.74, 6) is 2.18. The fourth-order valence-electron chi connectivity index (χ4n) is 1.48. The molecule has 0 radical (unpaired) electrons. The number of likely N-dealkylation sites (N-methyl/N-ethyl adjacent to an activating group) is 1. The van der Waals surface area contributed by atoms with Crippen LogP contribution in [-0.2, 0) is 4.79 Å². The number of allylic oxidation sites excluding steroid dienone is 4. The average Bonchev–Trinajstić information content (AvgIpc) is 2.42. The van der Waals surface area contributed by atoms with Gasteiger partial charge in [0.05, 0.1) is 0 Å². The Morgan fingerprint density at radius 2 is 2.40 bits per heavy atom. The Kier molecular flexibility index (Phi) is 5.43. The van der Waals surface area contributed by atoms with Gasteiger partial charge in [-0.25, -0.2) is 0 Å². The van der Waals surface area contributed by atoms with Gasteiger partial charge in [-0.2, -0.15) is 11.8 Å². The van der Waals surface area contributed by atoms with Gasteiger partial charge in [-0.15, -0.1) is 0 Å².